The molecule has 1 aromatic carbocycles. The molecular weight excluding hydrogens is 357 g/mol. The quantitative estimate of drug-likeness (QED) is 0.596. The van der Waals surface area contributed by atoms with E-state index in [9.17, 15) is 4.39 Å². The van der Waals surface area contributed by atoms with Gasteiger partial charge >= 0.3 is 0 Å². The summed E-state index contributed by atoms with van der Waals surface area (Å²) in [5.41, 5.74) is 0.883. The van der Waals surface area contributed by atoms with Gasteiger partial charge in [0.15, 0.2) is 5.82 Å². The SMILES string of the molecule is FC1CCCC(c2nc(Cc3cccs3)nn2-c2cccc(Cl)c2)C1. The van der Waals surface area contributed by atoms with E-state index in [1.165, 1.54) is 4.88 Å². The van der Waals surface area contributed by atoms with E-state index in [1.54, 1.807) is 11.3 Å². The van der Waals surface area contributed by atoms with Crippen LogP contribution in [0.15, 0.2) is 41.8 Å². The lowest BCUT2D eigenvalue weighted by atomic mass is 9.87. The minimum atomic E-state index is -0.746. The van der Waals surface area contributed by atoms with Gasteiger partial charge in [-0.25, -0.2) is 14.1 Å². The summed E-state index contributed by atoms with van der Waals surface area (Å²) in [5, 5.41) is 7.44. The van der Waals surface area contributed by atoms with Crippen molar-refractivity contribution >= 4 is 22.9 Å². The fourth-order valence-electron chi connectivity index (χ4n) is 3.44. The molecule has 3 nitrogen and oxygen atoms in total. The fourth-order valence-corrected chi connectivity index (χ4v) is 4.33. The van der Waals surface area contributed by atoms with Crippen LogP contribution in [-0.4, -0.2) is 20.9 Å². The van der Waals surface area contributed by atoms with Crippen molar-refractivity contribution in [3.05, 3.63) is 63.3 Å². The molecule has 0 bridgehead atoms. The molecule has 2 unspecified atom stereocenters. The zero-order chi connectivity index (χ0) is 17.2. The Balaban J connectivity index is 1.72. The Bertz CT molecular complexity index is 846. The largest absolute Gasteiger partial charge is 0.247 e. The van der Waals surface area contributed by atoms with Crippen LogP contribution >= 0.6 is 22.9 Å². The molecule has 0 aliphatic heterocycles. The number of alkyl halides is 1. The van der Waals surface area contributed by atoms with E-state index < -0.39 is 6.17 Å². The summed E-state index contributed by atoms with van der Waals surface area (Å²) in [4.78, 5) is 6.02. The smallest absolute Gasteiger partial charge is 0.156 e. The summed E-state index contributed by atoms with van der Waals surface area (Å²) in [6, 6.07) is 11.7. The molecule has 0 spiro atoms. The normalized spacial score (nSPS) is 20.7. The van der Waals surface area contributed by atoms with Crippen molar-refractivity contribution in [2.45, 2.75) is 44.2 Å². The topological polar surface area (TPSA) is 30.7 Å². The molecule has 2 atom stereocenters. The van der Waals surface area contributed by atoms with Gasteiger partial charge in [0, 0.05) is 22.2 Å². The van der Waals surface area contributed by atoms with Crippen LogP contribution in [0.5, 0.6) is 0 Å². The van der Waals surface area contributed by atoms with E-state index in [0.717, 1.165) is 30.2 Å². The van der Waals surface area contributed by atoms with E-state index in [0.29, 0.717) is 24.3 Å². The first kappa shape index (κ1) is 16.7. The van der Waals surface area contributed by atoms with Crippen molar-refractivity contribution < 1.29 is 4.39 Å². The Morgan fingerprint density at radius 1 is 1.24 bits per heavy atom. The standard InChI is InChI=1S/C19H19ClFN3S/c20-14-5-2-7-16(11-14)24-19(13-4-1-6-15(21)10-13)22-18(23-24)12-17-8-3-9-25-17/h2-3,5,7-9,11,13,15H,1,4,6,10,12H2. The minimum absolute atomic E-state index is 0.104. The maximum atomic E-state index is 14.0. The highest BCUT2D eigenvalue weighted by Gasteiger charge is 2.28. The monoisotopic (exact) mass is 375 g/mol. The number of hydrogen-bond acceptors (Lipinski definition) is 3. The average molecular weight is 376 g/mol. The van der Waals surface area contributed by atoms with Crippen LogP contribution in [0, 0.1) is 0 Å². The zero-order valence-corrected chi connectivity index (χ0v) is 15.3. The van der Waals surface area contributed by atoms with Gasteiger partial charge in [0.05, 0.1) is 5.69 Å². The molecule has 2 heterocycles. The molecule has 4 rings (SSSR count). The van der Waals surface area contributed by atoms with Gasteiger partial charge in [-0.15, -0.1) is 11.3 Å². The van der Waals surface area contributed by atoms with Crippen LogP contribution in [0.4, 0.5) is 4.39 Å². The molecule has 1 aliphatic rings. The van der Waals surface area contributed by atoms with Crippen LogP contribution < -0.4 is 0 Å². The van der Waals surface area contributed by atoms with E-state index in [4.69, 9.17) is 21.7 Å². The predicted octanol–water partition coefficient (Wildman–Crippen LogP) is 5.57. The van der Waals surface area contributed by atoms with E-state index in [-0.39, 0.29) is 5.92 Å². The van der Waals surface area contributed by atoms with Crippen LogP contribution in [0.2, 0.25) is 5.02 Å². The van der Waals surface area contributed by atoms with Gasteiger partial charge in [-0.1, -0.05) is 23.7 Å². The summed E-state index contributed by atoms with van der Waals surface area (Å²) >= 11 is 7.85. The Hall–Kier alpha value is -1.72. The molecule has 0 N–H and O–H groups in total. The first-order chi connectivity index (χ1) is 12.2. The second-order valence-corrected chi connectivity index (χ2v) is 7.96. The Morgan fingerprint density at radius 2 is 2.16 bits per heavy atom. The van der Waals surface area contributed by atoms with Gasteiger partial charge in [0.1, 0.15) is 12.0 Å². The molecular formula is C19H19ClFN3S. The van der Waals surface area contributed by atoms with Crippen molar-refractivity contribution in [3.63, 3.8) is 0 Å². The van der Waals surface area contributed by atoms with E-state index in [1.807, 2.05) is 35.0 Å². The lowest BCUT2D eigenvalue weighted by Gasteiger charge is -2.24. The molecule has 0 radical (unpaired) electrons. The summed E-state index contributed by atoms with van der Waals surface area (Å²) in [6.45, 7) is 0. The van der Waals surface area contributed by atoms with Gasteiger partial charge in [-0.2, -0.15) is 5.10 Å². The molecule has 3 aromatic rings. The molecule has 0 amide bonds. The third kappa shape index (κ3) is 3.77. The van der Waals surface area contributed by atoms with Crippen LogP contribution in [-0.2, 0) is 6.42 Å². The third-order valence-corrected chi connectivity index (χ3v) is 5.73. The second-order valence-electron chi connectivity index (χ2n) is 6.49. The maximum absolute atomic E-state index is 14.0. The predicted molar refractivity (Wildman–Crippen MR) is 99.6 cm³/mol. The van der Waals surface area contributed by atoms with Crippen LogP contribution in [0.1, 0.15) is 48.1 Å². The summed E-state index contributed by atoms with van der Waals surface area (Å²) < 4.78 is 15.8. The number of aromatic nitrogens is 3. The summed E-state index contributed by atoms with van der Waals surface area (Å²) in [6.07, 6.45) is 2.99. The molecule has 2 aromatic heterocycles. The van der Waals surface area contributed by atoms with Crippen molar-refractivity contribution in [2.75, 3.05) is 0 Å². The van der Waals surface area contributed by atoms with Gasteiger partial charge in [-0.3, -0.25) is 0 Å². The van der Waals surface area contributed by atoms with Gasteiger partial charge in [0.2, 0.25) is 0 Å². The molecule has 1 saturated carbocycles. The fraction of sp³-hybridized carbons (Fsp3) is 0.368. The number of benzene rings is 1. The maximum Gasteiger partial charge on any atom is 0.156 e. The summed E-state index contributed by atoms with van der Waals surface area (Å²) in [7, 11) is 0. The second kappa shape index (κ2) is 7.26. The lowest BCUT2D eigenvalue weighted by Crippen LogP contribution is -2.18. The number of nitrogens with zero attached hydrogens (tertiary/aromatic N) is 3. The minimum Gasteiger partial charge on any atom is -0.247 e. The third-order valence-electron chi connectivity index (χ3n) is 4.62. The first-order valence-electron chi connectivity index (χ1n) is 8.57. The molecule has 1 aliphatic carbocycles. The van der Waals surface area contributed by atoms with E-state index >= 15 is 0 Å². The molecule has 25 heavy (non-hydrogen) atoms. The molecule has 1 fully saturated rings. The van der Waals surface area contributed by atoms with Gasteiger partial charge < -0.3 is 0 Å². The Kier molecular flexibility index (Phi) is 4.86. The lowest BCUT2D eigenvalue weighted by molar-refractivity contribution is 0.226. The number of thiophene rings is 1. The van der Waals surface area contributed by atoms with Crippen LogP contribution in [0.25, 0.3) is 5.69 Å². The number of halogens is 2. The highest BCUT2D eigenvalue weighted by atomic mass is 35.5. The number of rotatable bonds is 4. The molecule has 0 saturated heterocycles. The van der Waals surface area contributed by atoms with E-state index in [2.05, 4.69) is 11.4 Å². The van der Waals surface area contributed by atoms with Crippen molar-refractivity contribution in [1.29, 1.82) is 0 Å². The molecule has 130 valence electrons. The van der Waals surface area contributed by atoms with Crippen molar-refractivity contribution in [3.8, 4) is 5.69 Å². The summed E-state index contributed by atoms with van der Waals surface area (Å²) in [5.74, 6) is 1.74. The van der Waals surface area contributed by atoms with Gasteiger partial charge in [0.25, 0.3) is 0 Å². The molecule has 6 heteroatoms. The van der Waals surface area contributed by atoms with Gasteiger partial charge in [-0.05, 0) is 55.3 Å². The van der Waals surface area contributed by atoms with Crippen molar-refractivity contribution in [1.82, 2.24) is 14.8 Å². The average Bonchev–Trinajstić information content (AvgIpc) is 3.25. The Morgan fingerprint density at radius 3 is 2.92 bits per heavy atom. The van der Waals surface area contributed by atoms with Crippen molar-refractivity contribution in [2.24, 2.45) is 0 Å². The zero-order valence-electron chi connectivity index (χ0n) is 13.7. The highest BCUT2D eigenvalue weighted by molar-refractivity contribution is 7.09. The van der Waals surface area contributed by atoms with Crippen LogP contribution in [0.3, 0.4) is 0 Å². The Labute approximate surface area is 155 Å². The first-order valence-corrected chi connectivity index (χ1v) is 9.83. The highest BCUT2D eigenvalue weighted by Crippen LogP contribution is 2.34. The number of hydrogen-bond donors (Lipinski definition) is 0.